The van der Waals surface area contributed by atoms with Gasteiger partial charge in [-0.15, -0.1) is 0 Å². The normalized spacial score (nSPS) is 13.8. The highest BCUT2D eigenvalue weighted by molar-refractivity contribution is 7.98. The van der Waals surface area contributed by atoms with Crippen LogP contribution in [0, 0.1) is 0 Å². The molecule has 1 aromatic rings. The lowest BCUT2D eigenvalue weighted by Gasteiger charge is -2.12. The number of nitrogens with zero attached hydrogens (tertiary/aromatic N) is 2. The van der Waals surface area contributed by atoms with Crippen LogP contribution in [0.1, 0.15) is 38.9 Å². The lowest BCUT2D eigenvalue weighted by Crippen LogP contribution is -2.41. The first kappa shape index (κ1) is 16.6. The van der Waals surface area contributed by atoms with Crippen LogP contribution >= 0.6 is 11.8 Å². The van der Waals surface area contributed by atoms with Gasteiger partial charge in [0.25, 0.3) is 0 Å². The van der Waals surface area contributed by atoms with Gasteiger partial charge in [0, 0.05) is 30.7 Å². The lowest BCUT2D eigenvalue weighted by atomic mass is 10.3. The fourth-order valence-corrected chi connectivity index (χ4v) is 2.53. The molecular formula is C13H21N3O3S. The average Bonchev–Trinajstić information content (AvgIpc) is 2.84. The maximum Gasteiger partial charge on any atom is 0.327 e. The monoisotopic (exact) mass is 299 g/mol. The number of carbonyl (C=O) groups excluding carboxylic acids is 1. The minimum Gasteiger partial charge on any atom is -0.480 e. The molecule has 0 aromatic carbocycles. The fraction of sp³-hybridized carbons (Fsp3) is 0.615. The Bertz CT molecular complexity index is 461. The number of carbonyl (C=O) groups is 2. The van der Waals surface area contributed by atoms with Crippen LogP contribution in [0.15, 0.2) is 12.3 Å². The Balaban J connectivity index is 2.44. The predicted octanol–water partition coefficient (Wildman–Crippen LogP) is 1.68. The Morgan fingerprint density at radius 2 is 2.25 bits per heavy atom. The van der Waals surface area contributed by atoms with Crippen LogP contribution in [0.2, 0.25) is 0 Å². The summed E-state index contributed by atoms with van der Waals surface area (Å²) >= 11 is 1.45. The molecule has 20 heavy (non-hydrogen) atoms. The van der Waals surface area contributed by atoms with Gasteiger partial charge in [-0.2, -0.15) is 16.9 Å². The average molecular weight is 299 g/mol. The van der Waals surface area contributed by atoms with E-state index in [1.54, 1.807) is 0 Å². The summed E-state index contributed by atoms with van der Waals surface area (Å²) in [4.78, 5) is 21.9. The number of hydrogen-bond acceptors (Lipinski definition) is 4. The molecule has 0 saturated carbocycles. The second-order valence-electron chi connectivity index (χ2n) is 4.65. The minimum absolute atomic E-state index is 0.325. The van der Waals surface area contributed by atoms with E-state index in [0.717, 1.165) is 12.1 Å². The van der Waals surface area contributed by atoms with Gasteiger partial charge in [-0.25, -0.2) is 4.79 Å². The molecule has 7 heteroatoms. The largest absolute Gasteiger partial charge is 0.480 e. The third kappa shape index (κ3) is 5.24. The lowest BCUT2D eigenvalue weighted by molar-refractivity contribution is -0.140. The molecule has 0 saturated heterocycles. The molecule has 1 amide bonds. The molecule has 0 aliphatic rings. The second-order valence-corrected chi connectivity index (χ2v) is 5.68. The van der Waals surface area contributed by atoms with Gasteiger partial charge in [0.05, 0.1) is 5.69 Å². The summed E-state index contributed by atoms with van der Waals surface area (Å²) in [5.41, 5.74) is 0.919. The highest BCUT2D eigenvalue weighted by Gasteiger charge is 2.18. The summed E-state index contributed by atoms with van der Waals surface area (Å²) < 4.78 is 1.92. The molecule has 2 atom stereocenters. The molecule has 1 rings (SSSR count). The fourth-order valence-electron chi connectivity index (χ4n) is 1.59. The summed E-state index contributed by atoms with van der Waals surface area (Å²) in [7, 11) is 0. The topological polar surface area (TPSA) is 84.2 Å². The number of aliphatic carboxylic acids is 1. The number of thioether (sulfide) groups is 1. The van der Waals surface area contributed by atoms with Gasteiger partial charge in [0.1, 0.15) is 6.04 Å². The Kier molecular flexibility index (Phi) is 6.57. The van der Waals surface area contributed by atoms with Crippen molar-refractivity contribution in [2.75, 3.05) is 5.75 Å². The van der Waals surface area contributed by atoms with Crippen LogP contribution in [0.4, 0.5) is 0 Å². The maximum absolute atomic E-state index is 11.0. The summed E-state index contributed by atoms with van der Waals surface area (Å²) in [6.45, 7) is 5.52. The van der Waals surface area contributed by atoms with E-state index in [2.05, 4.69) is 24.3 Å². The number of amides is 1. The van der Waals surface area contributed by atoms with Gasteiger partial charge in [-0.05, 0) is 19.4 Å². The standard InChI is InChI=1S/C13H21N3O3S/c1-4-9(2)16-6-5-11(15-16)7-20-8-12(13(18)19)14-10(3)17/h5-6,9,12H,4,7-8H2,1-3H3,(H,14,17)(H,18,19)/t9?,12-/m0/s1. The van der Waals surface area contributed by atoms with E-state index in [-0.39, 0.29) is 5.91 Å². The molecular weight excluding hydrogens is 278 g/mol. The van der Waals surface area contributed by atoms with Crippen molar-refractivity contribution in [3.63, 3.8) is 0 Å². The van der Waals surface area contributed by atoms with Crippen molar-refractivity contribution >= 4 is 23.6 Å². The molecule has 0 spiro atoms. The quantitative estimate of drug-likeness (QED) is 0.763. The molecule has 1 unspecified atom stereocenters. The van der Waals surface area contributed by atoms with Crippen LogP contribution in [0.5, 0.6) is 0 Å². The highest BCUT2D eigenvalue weighted by Crippen LogP contribution is 2.14. The Morgan fingerprint density at radius 1 is 1.55 bits per heavy atom. The first-order valence-corrected chi connectivity index (χ1v) is 7.71. The predicted molar refractivity (Wildman–Crippen MR) is 78.6 cm³/mol. The summed E-state index contributed by atoms with van der Waals surface area (Å²) in [5, 5.41) is 15.8. The second kappa shape index (κ2) is 7.94. The number of hydrogen-bond donors (Lipinski definition) is 2. The van der Waals surface area contributed by atoms with E-state index in [1.807, 2.05) is 16.9 Å². The van der Waals surface area contributed by atoms with E-state index < -0.39 is 12.0 Å². The van der Waals surface area contributed by atoms with Crippen LogP contribution in [-0.2, 0) is 15.3 Å². The first-order chi connectivity index (χ1) is 9.43. The number of aromatic nitrogens is 2. The van der Waals surface area contributed by atoms with E-state index in [4.69, 9.17) is 5.11 Å². The van der Waals surface area contributed by atoms with E-state index in [1.165, 1.54) is 18.7 Å². The van der Waals surface area contributed by atoms with Gasteiger partial charge >= 0.3 is 5.97 Å². The summed E-state index contributed by atoms with van der Waals surface area (Å²) in [5.74, 6) is -0.394. The van der Waals surface area contributed by atoms with Crippen molar-refractivity contribution in [2.24, 2.45) is 0 Å². The van der Waals surface area contributed by atoms with Crippen LogP contribution in [0.25, 0.3) is 0 Å². The van der Waals surface area contributed by atoms with Gasteiger partial charge in [-0.1, -0.05) is 6.92 Å². The van der Waals surface area contributed by atoms with Gasteiger partial charge in [0.15, 0.2) is 0 Å². The van der Waals surface area contributed by atoms with Gasteiger partial charge < -0.3 is 10.4 Å². The van der Waals surface area contributed by atoms with Crippen molar-refractivity contribution in [1.29, 1.82) is 0 Å². The number of rotatable bonds is 8. The molecule has 0 aliphatic heterocycles. The van der Waals surface area contributed by atoms with E-state index in [0.29, 0.717) is 17.5 Å². The first-order valence-electron chi connectivity index (χ1n) is 6.55. The van der Waals surface area contributed by atoms with Crippen molar-refractivity contribution in [1.82, 2.24) is 15.1 Å². The highest BCUT2D eigenvalue weighted by atomic mass is 32.2. The summed E-state index contributed by atoms with van der Waals surface area (Å²) in [6.07, 6.45) is 2.95. The number of carboxylic acid groups (broad SMARTS) is 1. The molecule has 0 fully saturated rings. The van der Waals surface area contributed by atoms with Gasteiger partial charge in [-0.3, -0.25) is 9.48 Å². The van der Waals surface area contributed by atoms with Crippen molar-refractivity contribution in [3.8, 4) is 0 Å². The zero-order valence-electron chi connectivity index (χ0n) is 12.0. The van der Waals surface area contributed by atoms with Crippen molar-refractivity contribution < 1.29 is 14.7 Å². The Hall–Kier alpha value is -1.50. The zero-order chi connectivity index (χ0) is 15.1. The molecule has 112 valence electrons. The SMILES string of the molecule is CCC(C)n1ccc(CSC[C@H](NC(C)=O)C(=O)O)n1. The molecule has 1 aromatic heterocycles. The molecule has 0 radical (unpaired) electrons. The summed E-state index contributed by atoms with van der Waals surface area (Å²) in [6, 6.07) is 1.45. The van der Waals surface area contributed by atoms with Crippen LogP contribution in [-0.4, -0.2) is 38.6 Å². The Morgan fingerprint density at radius 3 is 2.80 bits per heavy atom. The van der Waals surface area contributed by atoms with Crippen LogP contribution in [0.3, 0.4) is 0 Å². The van der Waals surface area contributed by atoms with Crippen molar-refractivity contribution in [3.05, 3.63) is 18.0 Å². The van der Waals surface area contributed by atoms with Gasteiger partial charge in [0.2, 0.25) is 5.91 Å². The van der Waals surface area contributed by atoms with Crippen molar-refractivity contribution in [2.45, 2.75) is 45.0 Å². The number of carboxylic acids is 1. The third-order valence-electron chi connectivity index (χ3n) is 2.92. The Labute approximate surface area is 122 Å². The molecule has 0 bridgehead atoms. The minimum atomic E-state index is -1.02. The smallest absolute Gasteiger partial charge is 0.327 e. The molecule has 1 heterocycles. The molecule has 2 N–H and O–H groups in total. The van der Waals surface area contributed by atoms with E-state index >= 15 is 0 Å². The molecule has 0 aliphatic carbocycles. The van der Waals surface area contributed by atoms with E-state index in [9.17, 15) is 9.59 Å². The molecule has 6 nitrogen and oxygen atoms in total. The number of nitrogens with one attached hydrogen (secondary N) is 1. The zero-order valence-corrected chi connectivity index (χ0v) is 12.8. The third-order valence-corrected chi connectivity index (χ3v) is 3.98. The maximum atomic E-state index is 11.0. The van der Waals surface area contributed by atoms with Crippen LogP contribution < -0.4 is 5.32 Å².